The number of rotatable bonds is 5. The van der Waals surface area contributed by atoms with Crippen LogP contribution in [0, 0.1) is 0 Å². The molecule has 6 nitrogen and oxygen atoms in total. The fraction of sp³-hybridized carbons (Fsp3) is 0.240. The number of aliphatic hydroxyl groups is 1. The zero-order valence-corrected chi connectivity index (χ0v) is 17.2. The highest BCUT2D eigenvalue weighted by molar-refractivity contribution is 5.85. The number of aliphatic hydroxyl groups excluding tert-OH is 1. The first-order valence-corrected chi connectivity index (χ1v) is 10.5. The van der Waals surface area contributed by atoms with Gasteiger partial charge in [0.05, 0.1) is 24.2 Å². The quantitative estimate of drug-likeness (QED) is 0.546. The first-order chi connectivity index (χ1) is 15.2. The van der Waals surface area contributed by atoms with Crippen LogP contribution in [0.15, 0.2) is 78.0 Å². The van der Waals surface area contributed by atoms with Crippen molar-refractivity contribution in [2.24, 2.45) is 0 Å². The van der Waals surface area contributed by atoms with E-state index >= 15 is 0 Å². The van der Waals surface area contributed by atoms with Crippen molar-refractivity contribution in [3.63, 3.8) is 0 Å². The molecule has 0 spiro atoms. The molecule has 0 amide bonds. The Bertz CT molecular complexity index is 1270. The molecule has 2 aromatic carbocycles. The first-order valence-electron chi connectivity index (χ1n) is 10.5. The molecule has 1 atom stereocenters. The predicted octanol–water partition coefficient (Wildman–Crippen LogP) is 2.88. The molecule has 1 N–H and O–H groups in total. The number of aromatic nitrogens is 3. The second-order valence-corrected chi connectivity index (χ2v) is 8.08. The molecule has 31 heavy (non-hydrogen) atoms. The van der Waals surface area contributed by atoms with Gasteiger partial charge in [0, 0.05) is 37.4 Å². The number of nitrogens with zero attached hydrogens (tertiary/aromatic N) is 4. The number of hydrogen-bond donors (Lipinski definition) is 1. The molecule has 0 saturated carbocycles. The number of hydrogen-bond acceptors (Lipinski definition) is 5. The van der Waals surface area contributed by atoms with Crippen LogP contribution in [0.25, 0.3) is 21.9 Å². The lowest BCUT2D eigenvalue weighted by molar-refractivity contribution is 0.0878. The zero-order valence-electron chi connectivity index (χ0n) is 17.2. The van der Waals surface area contributed by atoms with Crippen molar-refractivity contribution in [1.29, 1.82) is 0 Å². The van der Waals surface area contributed by atoms with E-state index in [4.69, 9.17) is 0 Å². The second kappa shape index (κ2) is 8.41. The summed E-state index contributed by atoms with van der Waals surface area (Å²) in [6, 6.07) is 18.0. The van der Waals surface area contributed by atoms with Crippen molar-refractivity contribution < 1.29 is 5.11 Å². The van der Waals surface area contributed by atoms with Crippen molar-refractivity contribution in [1.82, 2.24) is 19.7 Å². The Hall–Kier alpha value is -3.35. The third-order valence-electron chi connectivity index (χ3n) is 5.93. The van der Waals surface area contributed by atoms with Gasteiger partial charge in [-0.25, -0.2) is 4.68 Å². The smallest absolute Gasteiger partial charge is 0.274 e. The lowest BCUT2D eigenvalue weighted by Gasteiger charge is -2.30. The van der Waals surface area contributed by atoms with E-state index in [1.54, 1.807) is 18.6 Å². The molecule has 0 saturated heterocycles. The van der Waals surface area contributed by atoms with E-state index in [0.29, 0.717) is 11.9 Å². The van der Waals surface area contributed by atoms with Gasteiger partial charge >= 0.3 is 0 Å². The summed E-state index contributed by atoms with van der Waals surface area (Å²) in [5.41, 5.74) is 4.57. The predicted molar refractivity (Wildman–Crippen MR) is 121 cm³/mol. The van der Waals surface area contributed by atoms with E-state index in [1.165, 1.54) is 15.8 Å². The molecule has 5 rings (SSSR count). The molecule has 156 valence electrons. The third-order valence-corrected chi connectivity index (χ3v) is 5.93. The summed E-state index contributed by atoms with van der Waals surface area (Å²) >= 11 is 0. The van der Waals surface area contributed by atoms with Gasteiger partial charge < -0.3 is 5.11 Å². The standard InChI is InChI=1S/C25H24N4O2/c30-23(16-28-12-9-18-3-1-2-4-21(18)15-28)17-29-25(31)24-6-5-20(13-22(24)14-27-29)19-7-10-26-11-8-19/h1-8,10-11,13-14,23,30H,9,12,15-17H2/t23-/m1/s1. The van der Waals surface area contributed by atoms with Crippen molar-refractivity contribution >= 4 is 10.8 Å². The van der Waals surface area contributed by atoms with Crippen LogP contribution in [0.1, 0.15) is 11.1 Å². The van der Waals surface area contributed by atoms with Crippen molar-refractivity contribution in [3.05, 3.63) is 94.7 Å². The number of fused-ring (bicyclic) bond motifs is 2. The van der Waals surface area contributed by atoms with Crippen LogP contribution in [-0.2, 0) is 19.5 Å². The van der Waals surface area contributed by atoms with Gasteiger partial charge in [0.1, 0.15) is 0 Å². The zero-order chi connectivity index (χ0) is 21.2. The maximum atomic E-state index is 12.9. The van der Waals surface area contributed by atoms with Crippen LogP contribution in [0.2, 0.25) is 0 Å². The van der Waals surface area contributed by atoms with E-state index in [9.17, 15) is 9.90 Å². The van der Waals surface area contributed by atoms with Gasteiger partial charge in [-0.05, 0) is 52.9 Å². The average Bonchev–Trinajstić information content (AvgIpc) is 2.81. The molecule has 6 heteroatoms. The van der Waals surface area contributed by atoms with Gasteiger partial charge in [0.2, 0.25) is 0 Å². The highest BCUT2D eigenvalue weighted by Crippen LogP contribution is 2.22. The van der Waals surface area contributed by atoms with E-state index in [1.807, 2.05) is 30.3 Å². The van der Waals surface area contributed by atoms with Crippen LogP contribution in [-0.4, -0.2) is 44.0 Å². The maximum Gasteiger partial charge on any atom is 0.274 e. The first kappa shape index (κ1) is 19.6. The van der Waals surface area contributed by atoms with Gasteiger partial charge in [-0.2, -0.15) is 5.10 Å². The van der Waals surface area contributed by atoms with Gasteiger partial charge in [0.25, 0.3) is 5.56 Å². The monoisotopic (exact) mass is 412 g/mol. The van der Waals surface area contributed by atoms with Crippen molar-refractivity contribution in [2.75, 3.05) is 13.1 Å². The van der Waals surface area contributed by atoms with E-state index < -0.39 is 6.10 Å². The Labute approximate surface area is 180 Å². The van der Waals surface area contributed by atoms with Gasteiger partial charge in [-0.15, -0.1) is 0 Å². The molecule has 0 unspecified atom stereocenters. The summed E-state index contributed by atoms with van der Waals surface area (Å²) in [5, 5.41) is 16.4. The minimum absolute atomic E-state index is 0.179. The largest absolute Gasteiger partial charge is 0.390 e. The maximum absolute atomic E-state index is 12.9. The van der Waals surface area contributed by atoms with Crippen molar-refractivity contribution in [2.45, 2.75) is 25.6 Å². The normalized spacial score (nSPS) is 15.0. The molecule has 2 aromatic heterocycles. The van der Waals surface area contributed by atoms with Crippen LogP contribution in [0.5, 0.6) is 0 Å². The Morgan fingerprint density at radius 1 is 0.968 bits per heavy atom. The fourth-order valence-electron chi connectivity index (χ4n) is 4.31. The molecule has 0 radical (unpaired) electrons. The minimum Gasteiger partial charge on any atom is -0.390 e. The topological polar surface area (TPSA) is 71.2 Å². The van der Waals surface area contributed by atoms with Gasteiger partial charge in [-0.1, -0.05) is 30.3 Å². The summed E-state index contributed by atoms with van der Waals surface area (Å²) in [5.74, 6) is 0. The Balaban J connectivity index is 1.31. The molecule has 0 fully saturated rings. The molecular formula is C25H24N4O2. The lowest BCUT2D eigenvalue weighted by atomic mass is 10.00. The molecule has 4 aromatic rings. The highest BCUT2D eigenvalue weighted by Gasteiger charge is 2.19. The summed E-state index contributed by atoms with van der Waals surface area (Å²) < 4.78 is 1.37. The second-order valence-electron chi connectivity index (χ2n) is 8.08. The van der Waals surface area contributed by atoms with E-state index in [0.717, 1.165) is 36.0 Å². The van der Waals surface area contributed by atoms with Crippen LogP contribution in [0.3, 0.4) is 0 Å². The van der Waals surface area contributed by atoms with E-state index in [-0.39, 0.29) is 12.1 Å². The van der Waals surface area contributed by atoms with E-state index in [2.05, 4.69) is 39.2 Å². The molecular weight excluding hydrogens is 388 g/mol. The Morgan fingerprint density at radius 2 is 1.77 bits per heavy atom. The number of pyridine rings is 1. The lowest BCUT2D eigenvalue weighted by Crippen LogP contribution is -2.40. The Morgan fingerprint density at radius 3 is 2.61 bits per heavy atom. The summed E-state index contributed by atoms with van der Waals surface area (Å²) in [4.78, 5) is 19.2. The Kier molecular flexibility index (Phi) is 5.32. The number of β-amino-alcohol motifs (C(OH)–C–C–N with tert-alkyl or cyclic N) is 1. The van der Waals surface area contributed by atoms with Gasteiger partial charge in [-0.3, -0.25) is 14.7 Å². The third kappa shape index (κ3) is 4.13. The molecule has 3 heterocycles. The molecule has 1 aliphatic heterocycles. The van der Waals surface area contributed by atoms with Gasteiger partial charge in [0.15, 0.2) is 0 Å². The average molecular weight is 412 g/mol. The van der Waals surface area contributed by atoms with Crippen LogP contribution >= 0.6 is 0 Å². The molecule has 1 aliphatic rings. The summed E-state index contributed by atoms with van der Waals surface area (Å²) in [6.45, 7) is 2.43. The molecule has 0 bridgehead atoms. The SMILES string of the molecule is O=c1c2ccc(-c3ccncc3)cc2cnn1C[C@H](O)CN1CCc2ccccc2C1. The number of benzene rings is 2. The molecule has 0 aliphatic carbocycles. The summed E-state index contributed by atoms with van der Waals surface area (Å²) in [7, 11) is 0. The summed E-state index contributed by atoms with van der Waals surface area (Å²) in [6.07, 6.45) is 5.52. The fourth-order valence-corrected chi connectivity index (χ4v) is 4.31. The highest BCUT2D eigenvalue weighted by atomic mass is 16.3. The van der Waals surface area contributed by atoms with Crippen LogP contribution < -0.4 is 5.56 Å². The van der Waals surface area contributed by atoms with Crippen LogP contribution in [0.4, 0.5) is 0 Å². The van der Waals surface area contributed by atoms with Crippen molar-refractivity contribution in [3.8, 4) is 11.1 Å². The minimum atomic E-state index is -0.663.